The van der Waals surface area contributed by atoms with Gasteiger partial charge >= 0.3 is 0 Å². The monoisotopic (exact) mass is 342 g/mol. The van der Waals surface area contributed by atoms with Gasteiger partial charge in [0.15, 0.2) is 11.5 Å². The normalized spacial score (nSPS) is 16.2. The van der Waals surface area contributed by atoms with E-state index in [-0.39, 0.29) is 12.1 Å². The number of anilines is 1. The summed E-state index contributed by atoms with van der Waals surface area (Å²) in [5.74, 6) is 1.25. The predicted octanol–water partition coefficient (Wildman–Crippen LogP) is 2.92. The number of nitrogens with one attached hydrogen (secondary N) is 1. The largest absolute Gasteiger partial charge is 0.493 e. The lowest BCUT2D eigenvalue weighted by Crippen LogP contribution is -2.44. The quantitative estimate of drug-likeness (QED) is 0.875. The van der Waals surface area contributed by atoms with Crippen LogP contribution in [0, 0.1) is 0 Å². The second-order valence-corrected chi connectivity index (χ2v) is 5.70. The third-order valence-electron chi connectivity index (χ3n) is 4.28. The zero-order chi connectivity index (χ0) is 17.8. The van der Waals surface area contributed by atoms with Crippen molar-refractivity contribution in [2.24, 2.45) is 0 Å². The molecule has 1 heterocycles. The number of rotatable bonds is 6. The Morgan fingerprint density at radius 2 is 1.80 bits per heavy atom. The summed E-state index contributed by atoms with van der Waals surface area (Å²) < 4.78 is 15.9. The number of carbonyl (C=O) groups excluding carboxylic acids is 1. The molecule has 0 radical (unpaired) electrons. The number of ether oxygens (including phenoxy) is 3. The molecule has 0 saturated carbocycles. The van der Waals surface area contributed by atoms with Crippen LogP contribution in [0.1, 0.15) is 22.1 Å². The fourth-order valence-corrected chi connectivity index (χ4v) is 3.00. The molecule has 0 aliphatic carbocycles. The Bertz CT molecular complexity index is 763. The van der Waals surface area contributed by atoms with Gasteiger partial charge in [-0.15, -0.1) is 0 Å². The molecule has 6 heteroatoms. The van der Waals surface area contributed by atoms with Gasteiger partial charge in [-0.25, -0.2) is 0 Å². The van der Waals surface area contributed by atoms with Crippen LogP contribution < -0.4 is 14.8 Å². The van der Waals surface area contributed by atoms with E-state index in [1.54, 1.807) is 26.2 Å². The maximum atomic E-state index is 13.0. The summed E-state index contributed by atoms with van der Waals surface area (Å²) in [6, 6.07) is 13.2. The topological polar surface area (TPSA) is 60.0 Å². The van der Waals surface area contributed by atoms with Crippen LogP contribution in [0.25, 0.3) is 0 Å². The number of para-hydroxylation sites is 1. The van der Waals surface area contributed by atoms with Crippen molar-refractivity contribution in [3.8, 4) is 11.5 Å². The molecule has 1 aliphatic heterocycles. The van der Waals surface area contributed by atoms with Gasteiger partial charge < -0.3 is 24.4 Å². The molecular weight excluding hydrogens is 320 g/mol. The Kier molecular flexibility index (Phi) is 5.09. The smallest absolute Gasteiger partial charge is 0.257 e. The third kappa shape index (κ3) is 3.25. The molecule has 0 spiro atoms. The Morgan fingerprint density at radius 3 is 2.52 bits per heavy atom. The van der Waals surface area contributed by atoms with E-state index < -0.39 is 0 Å². The first-order chi connectivity index (χ1) is 12.2. The molecule has 1 atom stereocenters. The van der Waals surface area contributed by atoms with E-state index in [4.69, 9.17) is 14.2 Å². The highest BCUT2D eigenvalue weighted by atomic mass is 16.5. The second-order valence-electron chi connectivity index (χ2n) is 5.70. The van der Waals surface area contributed by atoms with Gasteiger partial charge in [0.25, 0.3) is 5.91 Å². The molecular formula is C19H22N2O4. The molecule has 1 unspecified atom stereocenters. The van der Waals surface area contributed by atoms with E-state index in [1.807, 2.05) is 42.5 Å². The number of carbonyl (C=O) groups is 1. The number of benzene rings is 2. The van der Waals surface area contributed by atoms with Gasteiger partial charge in [-0.3, -0.25) is 4.79 Å². The number of hydrogen-bond acceptors (Lipinski definition) is 5. The molecule has 6 nitrogen and oxygen atoms in total. The standard InChI is InChI=1S/C19H22N2O4/c1-23-11-10-21-18(13-8-9-16(24-2)17(12-13)25-3)20-15-7-5-4-6-14(15)19(21)22/h4-9,12,18,20H,10-11H2,1-3H3. The van der Waals surface area contributed by atoms with Crippen molar-refractivity contribution < 1.29 is 19.0 Å². The lowest BCUT2D eigenvalue weighted by Gasteiger charge is -2.38. The molecule has 0 fully saturated rings. The molecule has 25 heavy (non-hydrogen) atoms. The van der Waals surface area contributed by atoms with Crippen LogP contribution in [0.15, 0.2) is 42.5 Å². The van der Waals surface area contributed by atoms with Crippen molar-refractivity contribution in [1.29, 1.82) is 0 Å². The zero-order valence-corrected chi connectivity index (χ0v) is 14.6. The highest BCUT2D eigenvalue weighted by Crippen LogP contribution is 2.36. The third-order valence-corrected chi connectivity index (χ3v) is 4.28. The molecule has 0 bridgehead atoms. The second kappa shape index (κ2) is 7.44. The van der Waals surface area contributed by atoms with Crippen molar-refractivity contribution in [3.05, 3.63) is 53.6 Å². The number of nitrogens with zero attached hydrogens (tertiary/aromatic N) is 1. The molecule has 2 aromatic rings. The SMILES string of the molecule is COCCN1C(=O)c2ccccc2NC1c1ccc(OC)c(OC)c1. The first-order valence-electron chi connectivity index (χ1n) is 8.07. The van der Waals surface area contributed by atoms with E-state index in [1.165, 1.54) is 0 Å². The van der Waals surface area contributed by atoms with Crippen LogP contribution in [0.5, 0.6) is 11.5 Å². The van der Waals surface area contributed by atoms with Crippen molar-refractivity contribution in [2.75, 3.05) is 39.8 Å². The minimum atomic E-state index is -0.308. The van der Waals surface area contributed by atoms with Crippen LogP contribution in [0.2, 0.25) is 0 Å². The molecule has 1 aliphatic rings. The highest BCUT2D eigenvalue weighted by Gasteiger charge is 2.32. The maximum absolute atomic E-state index is 13.0. The van der Waals surface area contributed by atoms with Gasteiger partial charge in [0.1, 0.15) is 6.17 Å². The van der Waals surface area contributed by atoms with Crippen LogP contribution >= 0.6 is 0 Å². The number of amides is 1. The summed E-state index contributed by atoms with van der Waals surface area (Å²) in [6.07, 6.45) is -0.308. The number of methoxy groups -OCH3 is 3. The number of fused-ring (bicyclic) bond motifs is 1. The van der Waals surface area contributed by atoms with Crippen LogP contribution in [0.3, 0.4) is 0 Å². The summed E-state index contributed by atoms with van der Waals surface area (Å²) in [6.45, 7) is 0.940. The number of hydrogen-bond donors (Lipinski definition) is 1. The molecule has 2 aromatic carbocycles. The van der Waals surface area contributed by atoms with Gasteiger partial charge in [-0.1, -0.05) is 18.2 Å². The average molecular weight is 342 g/mol. The van der Waals surface area contributed by atoms with Gasteiger partial charge in [0.05, 0.1) is 26.4 Å². The van der Waals surface area contributed by atoms with E-state index in [0.29, 0.717) is 30.2 Å². The maximum Gasteiger partial charge on any atom is 0.257 e. The minimum Gasteiger partial charge on any atom is -0.493 e. The van der Waals surface area contributed by atoms with E-state index >= 15 is 0 Å². The summed E-state index contributed by atoms with van der Waals surface area (Å²) >= 11 is 0. The Balaban J connectivity index is 2.01. The fourth-order valence-electron chi connectivity index (χ4n) is 3.00. The van der Waals surface area contributed by atoms with Gasteiger partial charge in [0, 0.05) is 19.3 Å². The van der Waals surface area contributed by atoms with E-state index in [0.717, 1.165) is 11.3 Å². The summed E-state index contributed by atoms with van der Waals surface area (Å²) in [7, 11) is 4.82. The van der Waals surface area contributed by atoms with Gasteiger partial charge in [-0.05, 0) is 29.8 Å². The van der Waals surface area contributed by atoms with Crippen molar-refractivity contribution in [2.45, 2.75) is 6.17 Å². The minimum absolute atomic E-state index is 0.0221. The van der Waals surface area contributed by atoms with Crippen molar-refractivity contribution >= 4 is 11.6 Å². The molecule has 0 saturated heterocycles. The zero-order valence-electron chi connectivity index (χ0n) is 14.6. The molecule has 3 rings (SSSR count). The molecule has 0 aromatic heterocycles. The summed E-state index contributed by atoms with van der Waals surface area (Å²) in [5.41, 5.74) is 2.40. The Morgan fingerprint density at radius 1 is 1.04 bits per heavy atom. The first-order valence-corrected chi connectivity index (χ1v) is 8.07. The van der Waals surface area contributed by atoms with E-state index in [9.17, 15) is 4.79 Å². The Labute approximate surface area is 147 Å². The summed E-state index contributed by atoms with van der Waals surface area (Å²) in [4.78, 5) is 14.7. The molecule has 1 N–H and O–H groups in total. The Hall–Kier alpha value is -2.73. The molecule has 1 amide bonds. The lowest BCUT2D eigenvalue weighted by atomic mass is 10.0. The van der Waals surface area contributed by atoms with Crippen LogP contribution in [-0.4, -0.2) is 45.3 Å². The highest BCUT2D eigenvalue weighted by molar-refractivity contribution is 6.01. The van der Waals surface area contributed by atoms with Crippen LogP contribution in [0.4, 0.5) is 5.69 Å². The lowest BCUT2D eigenvalue weighted by molar-refractivity contribution is 0.0609. The average Bonchev–Trinajstić information content (AvgIpc) is 2.66. The van der Waals surface area contributed by atoms with E-state index in [2.05, 4.69) is 5.32 Å². The van der Waals surface area contributed by atoms with Crippen molar-refractivity contribution in [3.63, 3.8) is 0 Å². The van der Waals surface area contributed by atoms with Crippen LogP contribution in [-0.2, 0) is 4.74 Å². The first kappa shape index (κ1) is 17.1. The van der Waals surface area contributed by atoms with Crippen molar-refractivity contribution in [1.82, 2.24) is 4.90 Å². The summed E-state index contributed by atoms with van der Waals surface area (Å²) in [5, 5.41) is 3.44. The van der Waals surface area contributed by atoms with Gasteiger partial charge in [-0.2, -0.15) is 0 Å². The fraction of sp³-hybridized carbons (Fsp3) is 0.316. The van der Waals surface area contributed by atoms with Gasteiger partial charge in [0.2, 0.25) is 0 Å². The predicted molar refractivity (Wildman–Crippen MR) is 95.3 cm³/mol. The molecule has 132 valence electrons.